The highest BCUT2D eigenvalue weighted by molar-refractivity contribution is 7.62. The van der Waals surface area contributed by atoms with Crippen molar-refractivity contribution in [3.05, 3.63) is 30.3 Å². The summed E-state index contributed by atoms with van der Waals surface area (Å²) in [6, 6.07) is 9.19. The highest BCUT2D eigenvalue weighted by Crippen LogP contribution is 2.33. The molecule has 0 atom stereocenters. The average molecular weight is 295 g/mol. The summed E-state index contributed by atoms with van der Waals surface area (Å²) in [6.45, 7) is 3.20. The number of aromatic nitrogens is 1. The fourth-order valence-corrected chi connectivity index (χ4v) is 2.46. The maximum atomic E-state index is 11.8. The molecule has 108 valence electrons. The Morgan fingerprint density at radius 1 is 1.40 bits per heavy atom. The first-order chi connectivity index (χ1) is 9.37. The van der Waals surface area contributed by atoms with E-state index in [9.17, 15) is 14.6 Å². The Hall–Kier alpha value is -1.62. The number of amides is 1. The Kier molecular flexibility index (Phi) is 4.28. The number of nitrogens with one attached hydrogen (secondary N) is 2. The molecule has 0 saturated heterocycles. The van der Waals surface area contributed by atoms with Crippen molar-refractivity contribution in [2.75, 3.05) is 31.2 Å². The lowest BCUT2D eigenvalue weighted by Crippen LogP contribution is -2.36. The number of para-hydroxylation sites is 1. The lowest BCUT2D eigenvalue weighted by molar-refractivity contribution is -0.122. The first-order valence-corrected chi connectivity index (χ1v) is 9.00. The molecule has 1 heterocycles. The molecule has 0 aliphatic carbocycles. The molecule has 7 heteroatoms. The molecule has 1 aromatic carbocycles. The Bertz CT molecular complexity index is 629. The van der Waals surface area contributed by atoms with Gasteiger partial charge < -0.3 is 14.9 Å². The number of rotatable bonds is 5. The van der Waals surface area contributed by atoms with Gasteiger partial charge in [0.15, 0.2) is 0 Å². The SMILES string of the molecule is CP(C)(=O)CNCC(=O)N(O)c1cc2ccccc2[nH]1. The van der Waals surface area contributed by atoms with Crippen LogP contribution in [0.5, 0.6) is 0 Å². The van der Waals surface area contributed by atoms with Gasteiger partial charge in [-0.05, 0) is 25.5 Å². The minimum Gasteiger partial charge on any atom is -0.339 e. The Morgan fingerprint density at radius 2 is 2.10 bits per heavy atom. The van der Waals surface area contributed by atoms with Gasteiger partial charge in [-0.2, -0.15) is 5.06 Å². The van der Waals surface area contributed by atoms with Crippen LogP contribution in [0.3, 0.4) is 0 Å². The number of carbonyl (C=O) groups is 1. The van der Waals surface area contributed by atoms with Gasteiger partial charge in [-0.1, -0.05) is 18.2 Å². The molecular weight excluding hydrogens is 277 g/mol. The molecule has 0 saturated carbocycles. The van der Waals surface area contributed by atoms with Gasteiger partial charge in [0.05, 0.1) is 13.7 Å². The number of hydrogen-bond donors (Lipinski definition) is 3. The third kappa shape index (κ3) is 3.70. The van der Waals surface area contributed by atoms with E-state index in [1.54, 1.807) is 19.4 Å². The molecule has 0 unspecified atom stereocenters. The number of carbonyl (C=O) groups excluding carboxylic acids is 1. The average Bonchev–Trinajstić information content (AvgIpc) is 2.79. The number of fused-ring (bicyclic) bond motifs is 1. The Morgan fingerprint density at radius 3 is 2.75 bits per heavy atom. The molecule has 20 heavy (non-hydrogen) atoms. The van der Waals surface area contributed by atoms with E-state index in [1.807, 2.05) is 24.3 Å². The fraction of sp³-hybridized carbons (Fsp3) is 0.308. The minimum absolute atomic E-state index is 0.0719. The molecule has 2 rings (SSSR count). The quantitative estimate of drug-likeness (QED) is 0.448. The smallest absolute Gasteiger partial charge is 0.266 e. The number of benzene rings is 1. The van der Waals surface area contributed by atoms with Gasteiger partial charge >= 0.3 is 0 Å². The van der Waals surface area contributed by atoms with Gasteiger partial charge in [0.25, 0.3) is 5.91 Å². The van der Waals surface area contributed by atoms with Crippen LogP contribution in [-0.4, -0.2) is 42.3 Å². The van der Waals surface area contributed by atoms with Crippen LogP contribution in [0.25, 0.3) is 10.9 Å². The van der Waals surface area contributed by atoms with Crippen molar-refractivity contribution in [1.29, 1.82) is 0 Å². The van der Waals surface area contributed by atoms with Gasteiger partial charge in [0.2, 0.25) is 0 Å². The van der Waals surface area contributed by atoms with Crippen LogP contribution in [0.1, 0.15) is 0 Å². The summed E-state index contributed by atoms with van der Waals surface area (Å²) in [5.74, 6) is -0.195. The van der Waals surface area contributed by atoms with Crippen molar-refractivity contribution >= 4 is 29.8 Å². The van der Waals surface area contributed by atoms with E-state index in [0.717, 1.165) is 10.9 Å². The van der Waals surface area contributed by atoms with E-state index in [4.69, 9.17) is 0 Å². The van der Waals surface area contributed by atoms with Crippen molar-refractivity contribution in [1.82, 2.24) is 10.3 Å². The van der Waals surface area contributed by atoms with Crippen molar-refractivity contribution in [3.63, 3.8) is 0 Å². The number of H-pyrrole nitrogens is 1. The molecule has 1 amide bonds. The zero-order valence-electron chi connectivity index (χ0n) is 11.5. The largest absolute Gasteiger partial charge is 0.339 e. The first kappa shape index (κ1) is 14.8. The number of hydroxylamine groups is 1. The molecule has 0 bridgehead atoms. The molecule has 0 aliphatic rings. The maximum absolute atomic E-state index is 11.8. The maximum Gasteiger partial charge on any atom is 0.266 e. The third-order valence-corrected chi connectivity index (χ3v) is 3.73. The topological polar surface area (TPSA) is 85.4 Å². The monoisotopic (exact) mass is 295 g/mol. The number of aromatic amines is 1. The lowest BCUT2D eigenvalue weighted by atomic mass is 10.2. The Labute approximate surface area is 117 Å². The van der Waals surface area contributed by atoms with E-state index < -0.39 is 13.0 Å². The molecule has 6 nitrogen and oxygen atoms in total. The highest BCUT2D eigenvalue weighted by Gasteiger charge is 2.16. The second kappa shape index (κ2) is 5.79. The summed E-state index contributed by atoms with van der Waals surface area (Å²) in [5.41, 5.74) is 0.842. The second-order valence-corrected chi connectivity index (χ2v) is 8.57. The summed E-state index contributed by atoms with van der Waals surface area (Å²) in [5, 5.41) is 14.1. The molecule has 0 aliphatic heterocycles. The van der Waals surface area contributed by atoms with Gasteiger partial charge in [-0.25, -0.2) is 0 Å². The van der Waals surface area contributed by atoms with E-state index in [1.165, 1.54) is 0 Å². The van der Waals surface area contributed by atoms with Gasteiger partial charge in [-0.15, -0.1) is 0 Å². The number of anilines is 1. The van der Waals surface area contributed by atoms with Crippen LogP contribution in [0.2, 0.25) is 0 Å². The summed E-state index contributed by atoms with van der Waals surface area (Å²) in [4.78, 5) is 14.8. The van der Waals surface area contributed by atoms with Crippen molar-refractivity contribution in [2.45, 2.75) is 0 Å². The fourth-order valence-electron chi connectivity index (χ4n) is 1.81. The minimum atomic E-state index is -2.22. The van der Waals surface area contributed by atoms with E-state index in [0.29, 0.717) is 10.9 Å². The normalized spacial score (nSPS) is 11.8. The summed E-state index contributed by atoms with van der Waals surface area (Å²) >= 11 is 0. The second-order valence-electron chi connectivity index (χ2n) is 5.11. The van der Waals surface area contributed by atoms with Crippen LogP contribution >= 0.6 is 7.14 Å². The molecule has 3 N–H and O–H groups in total. The zero-order chi connectivity index (χ0) is 14.8. The van der Waals surface area contributed by atoms with Crippen LogP contribution in [0.4, 0.5) is 5.82 Å². The number of nitrogens with zero attached hydrogens (tertiary/aromatic N) is 1. The predicted octanol–water partition coefficient (Wildman–Crippen LogP) is 2.06. The van der Waals surface area contributed by atoms with Crippen LogP contribution in [0.15, 0.2) is 30.3 Å². The van der Waals surface area contributed by atoms with Crippen LogP contribution < -0.4 is 10.4 Å². The Balaban J connectivity index is 2.01. The summed E-state index contributed by atoms with van der Waals surface area (Å²) in [7, 11) is -2.22. The molecule has 1 aromatic heterocycles. The third-order valence-electron chi connectivity index (χ3n) is 2.75. The lowest BCUT2D eigenvalue weighted by Gasteiger charge is -2.14. The van der Waals surface area contributed by atoms with Crippen molar-refractivity contribution in [2.24, 2.45) is 0 Å². The van der Waals surface area contributed by atoms with Crippen molar-refractivity contribution < 1.29 is 14.6 Å². The predicted molar refractivity (Wildman–Crippen MR) is 79.9 cm³/mol. The van der Waals surface area contributed by atoms with Gasteiger partial charge in [-0.3, -0.25) is 10.0 Å². The molecule has 0 spiro atoms. The number of hydrogen-bond acceptors (Lipinski definition) is 4. The van der Waals surface area contributed by atoms with Crippen LogP contribution in [0, 0.1) is 0 Å². The molecule has 2 aromatic rings. The van der Waals surface area contributed by atoms with E-state index in [2.05, 4.69) is 10.3 Å². The molecular formula is C13H18N3O3P. The standard InChI is InChI=1S/C13H18N3O3P/c1-20(2,19)9-14-8-13(17)16(18)12-7-10-5-3-4-6-11(10)15-12/h3-7,14-15,18H,8-9H2,1-2H3. The van der Waals surface area contributed by atoms with Gasteiger partial charge in [0.1, 0.15) is 5.82 Å². The molecule has 0 radical (unpaired) electrons. The van der Waals surface area contributed by atoms with E-state index >= 15 is 0 Å². The summed E-state index contributed by atoms with van der Waals surface area (Å²) in [6.07, 6.45) is 0.263. The molecule has 0 fully saturated rings. The van der Waals surface area contributed by atoms with Gasteiger partial charge in [0, 0.05) is 17.2 Å². The highest BCUT2D eigenvalue weighted by atomic mass is 31.2. The summed E-state index contributed by atoms with van der Waals surface area (Å²) < 4.78 is 11.5. The van der Waals surface area contributed by atoms with Crippen LogP contribution in [-0.2, 0) is 9.36 Å². The zero-order valence-corrected chi connectivity index (χ0v) is 12.4. The first-order valence-electron chi connectivity index (χ1n) is 6.21. The van der Waals surface area contributed by atoms with Crippen molar-refractivity contribution in [3.8, 4) is 0 Å². The van der Waals surface area contributed by atoms with E-state index in [-0.39, 0.29) is 12.8 Å².